The topological polar surface area (TPSA) is 18.5 Å². The van der Waals surface area contributed by atoms with E-state index in [1.165, 1.54) is 55.2 Å². The third kappa shape index (κ3) is 3.71. The molecule has 5 aliphatic rings. The molecule has 3 unspecified atom stereocenters. The first-order chi connectivity index (χ1) is 15.6. The van der Waals surface area contributed by atoms with Crippen LogP contribution in [-0.4, -0.2) is 11.9 Å². The average Bonchev–Trinajstić information content (AvgIpc) is 3.22. The molecule has 0 N–H and O–H groups in total. The van der Waals surface area contributed by atoms with Crippen LogP contribution in [0.25, 0.3) is 6.08 Å². The van der Waals surface area contributed by atoms with Crippen LogP contribution in [0, 0.1) is 17.8 Å². The fourth-order valence-electron chi connectivity index (χ4n) is 7.35. The van der Waals surface area contributed by atoms with Gasteiger partial charge in [-0.15, -0.1) is 0 Å². The van der Waals surface area contributed by atoms with Crippen LogP contribution in [0.3, 0.4) is 0 Å². The van der Waals surface area contributed by atoms with Gasteiger partial charge in [-0.25, -0.2) is 0 Å². The van der Waals surface area contributed by atoms with E-state index in [0.29, 0.717) is 5.92 Å². The summed E-state index contributed by atoms with van der Waals surface area (Å²) in [5, 5.41) is 0. The molecule has 5 aliphatic carbocycles. The van der Waals surface area contributed by atoms with E-state index in [2.05, 4.69) is 74.5 Å². The van der Waals surface area contributed by atoms with Crippen molar-refractivity contribution in [2.45, 2.75) is 82.5 Å². The molecule has 0 spiro atoms. The summed E-state index contributed by atoms with van der Waals surface area (Å²) in [6.07, 6.45) is 13.4. The van der Waals surface area contributed by atoms with E-state index < -0.39 is 0 Å². The Labute approximate surface area is 193 Å². The van der Waals surface area contributed by atoms with Crippen molar-refractivity contribution in [2.24, 2.45) is 17.8 Å². The molecule has 32 heavy (non-hydrogen) atoms. The number of benzene rings is 2. The summed E-state index contributed by atoms with van der Waals surface area (Å²) >= 11 is 0. The van der Waals surface area contributed by atoms with Gasteiger partial charge in [0.15, 0.2) is 0 Å². The maximum absolute atomic E-state index is 7.12. The number of hydrogen-bond acceptors (Lipinski definition) is 2. The molecule has 2 aromatic carbocycles. The van der Waals surface area contributed by atoms with Crippen LogP contribution in [0.4, 0.5) is 0 Å². The Hall–Kier alpha value is -2.06. The number of ether oxygens (including phenoxy) is 2. The highest BCUT2D eigenvalue weighted by atomic mass is 16.7. The maximum atomic E-state index is 7.12. The molecule has 168 valence electrons. The van der Waals surface area contributed by atoms with Gasteiger partial charge in [0.05, 0.1) is 11.5 Å². The van der Waals surface area contributed by atoms with E-state index in [1.807, 2.05) is 0 Å². The zero-order chi connectivity index (χ0) is 21.7. The molecule has 4 bridgehead atoms. The smallest absolute Gasteiger partial charge is 0.210 e. The van der Waals surface area contributed by atoms with Gasteiger partial charge in [0.25, 0.3) is 0 Å². The van der Waals surface area contributed by atoms with Gasteiger partial charge in [0.2, 0.25) is 6.29 Å². The molecule has 3 atom stereocenters. The molecule has 0 amide bonds. The number of fused-ring (bicyclic) bond motifs is 1. The second-order valence-corrected chi connectivity index (χ2v) is 11.1. The van der Waals surface area contributed by atoms with Gasteiger partial charge in [-0.3, -0.25) is 0 Å². The minimum atomic E-state index is -0.277. The summed E-state index contributed by atoms with van der Waals surface area (Å²) in [4.78, 5) is 0. The van der Waals surface area contributed by atoms with Crippen LogP contribution in [0.2, 0.25) is 0 Å². The van der Waals surface area contributed by atoms with Crippen molar-refractivity contribution in [1.82, 2.24) is 0 Å². The zero-order valence-corrected chi connectivity index (χ0v) is 19.5. The molecule has 0 aliphatic heterocycles. The van der Waals surface area contributed by atoms with Gasteiger partial charge in [-0.05, 0) is 97.4 Å². The summed E-state index contributed by atoms with van der Waals surface area (Å²) in [5.74, 6) is 4.24. The Morgan fingerprint density at radius 1 is 0.906 bits per heavy atom. The van der Waals surface area contributed by atoms with Gasteiger partial charge in [0, 0.05) is 0 Å². The SMILES string of the molecule is CCC(C)c1ccc(OC(OC23CC4CC(CC(C4)C2)C3)C2C=Cc3ccccc32)cc1. The highest BCUT2D eigenvalue weighted by Crippen LogP contribution is 2.58. The molecule has 7 rings (SSSR count). The van der Waals surface area contributed by atoms with Crippen LogP contribution in [0.1, 0.15) is 87.3 Å². The van der Waals surface area contributed by atoms with Crippen molar-refractivity contribution in [3.8, 4) is 5.75 Å². The Kier molecular flexibility index (Phi) is 5.17. The highest BCUT2D eigenvalue weighted by Gasteiger charge is 2.53. The van der Waals surface area contributed by atoms with E-state index in [0.717, 1.165) is 29.9 Å². The molecule has 4 saturated carbocycles. The summed E-state index contributed by atoms with van der Waals surface area (Å²) in [6.45, 7) is 4.53. The fourth-order valence-corrected chi connectivity index (χ4v) is 7.35. The monoisotopic (exact) mass is 428 g/mol. The maximum Gasteiger partial charge on any atom is 0.210 e. The summed E-state index contributed by atoms with van der Waals surface area (Å²) in [6, 6.07) is 17.4. The molecular weight excluding hydrogens is 392 g/mol. The molecule has 2 nitrogen and oxygen atoms in total. The lowest BCUT2D eigenvalue weighted by atomic mass is 9.54. The largest absolute Gasteiger partial charge is 0.464 e. The third-order valence-electron chi connectivity index (χ3n) is 8.79. The lowest BCUT2D eigenvalue weighted by Crippen LogP contribution is -2.54. The Balaban J connectivity index is 1.29. The van der Waals surface area contributed by atoms with Crippen molar-refractivity contribution in [1.29, 1.82) is 0 Å². The molecule has 2 aromatic rings. The molecule has 0 heterocycles. The predicted molar refractivity (Wildman–Crippen MR) is 130 cm³/mol. The number of hydrogen-bond donors (Lipinski definition) is 0. The first kappa shape index (κ1) is 20.5. The second kappa shape index (κ2) is 8.06. The second-order valence-electron chi connectivity index (χ2n) is 11.1. The predicted octanol–water partition coefficient (Wildman–Crippen LogP) is 7.70. The highest BCUT2D eigenvalue weighted by molar-refractivity contribution is 5.62. The Bertz CT molecular complexity index is 953. The van der Waals surface area contributed by atoms with Crippen LogP contribution in [-0.2, 0) is 4.74 Å². The lowest BCUT2D eigenvalue weighted by molar-refractivity contribution is -0.234. The minimum absolute atomic E-state index is 0.0153. The molecular formula is C30H36O2. The van der Waals surface area contributed by atoms with Crippen molar-refractivity contribution < 1.29 is 9.47 Å². The van der Waals surface area contributed by atoms with Gasteiger partial charge < -0.3 is 9.47 Å². The van der Waals surface area contributed by atoms with E-state index in [9.17, 15) is 0 Å². The standard InChI is InChI=1S/C30H36O2/c1-3-20(2)24-8-11-26(12-9-24)31-29(28-13-10-25-6-4-5-7-27(25)28)32-30-17-21-14-22(18-30)16-23(15-21)19-30/h4-13,20-23,28-29H,3,14-19H2,1-2H3. The van der Waals surface area contributed by atoms with Crippen LogP contribution >= 0.6 is 0 Å². The Morgan fingerprint density at radius 3 is 2.22 bits per heavy atom. The molecule has 2 heteroatoms. The molecule has 0 saturated heterocycles. The van der Waals surface area contributed by atoms with Gasteiger partial charge in [-0.1, -0.05) is 62.4 Å². The summed E-state index contributed by atoms with van der Waals surface area (Å²) < 4.78 is 13.8. The van der Waals surface area contributed by atoms with Crippen LogP contribution in [0.15, 0.2) is 54.6 Å². The average molecular weight is 429 g/mol. The minimum Gasteiger partial charge on any atom is -0.464 e. The van der Waals surface area contributed by atoms with Gasteiger partial charge in [0.1, 0.15) is 5.75 Å². The van der Waals surface area contributed by atoms with Crippen molar-refractivity contribution >= 4 is 6.08 Å². The van der Waals surface area contributed by atoms with Crippen molar-refractivity contribution in [2.75, 3.05) is 0 Å². The zero-order valence-electron chi connectivity index (χ0n) is 19.5. The fraction of sp³-hybridized carbons (Fsp3) is 0.533. The molecule has 4 fully saturated rings. The quantitative estimate of drug-likeness (QED) is 0.421. The van der Waals surface area contributed by atoms with E-state index in [4.69, 9.17) is 9.47 Å². The summed E-state index contributed by atoms with van der Waals surface area (Å²) in [5.41, 5.74) is 4.02. The summed E-state index contributed by atoms with van der Waals surface area (Å²) in [7, 11) is 0. The molecule has 0 aromatic heterocycles. The number of rotatable bonds is 7. The van der Waals surface area contributed by atoms with Crippen LogP contribution in [0.5, 0.6) is 5.75 Å². The molecule has 0 radical (unpaired) electrons. The van der Waals surface area contributed by atoms with E-state index >= 15 is 0 Å². The van der Waals surface area contributed by atoms with E-state index in [1.54, 1.807) is 0 Å². The lowest BCUT2D eigenvalue weighted by Gasteiger charge is -2.57. The van der Waals surface area contributed by atoms with Gasteiger partial charge >= 0.3 is 0 Å². The van der Waals surface area contributed by atoms with Crippen molar-refractivity contribution in [3.63, 3.8) is 0 Å². The normalized spacial score (nSPS) is 33.8. The Morgan fingerprint density at radius 2 is 1.56 bits per heavy atom. The van der Waals surface area contributed by atoms with Crippen molar-refractivity contribution in [3.05, 3.63) is 71.3 Å². The van der Waals surface area contributed by atoms with Crippen LogP contribution < -0.4 is 4.74 Å². The van der Waals surface area contributed by atoms with E-state index in [-0.39, 0.29) is 17.8 Å². The first-order valence-corrected chi connectivity index (χ1v) is 12.8. The first-order valence-electron chi connectivity index (χ1n) is 12.8. The van der Waals surface area contributed by atoms with Gasteiger partial charge in [-0.2, -0.15) is 0 Å². The third-order valence-corrected chi connectivity index (χ3v) is 8.79.